The van der Waals surface area contributed by atoms with Gasteiger partial charge in [-0.3, -0.25) is 4.79 Å². The molecule has 0 N–H and O–H groups in total. The minimum atomic E-state index is -0.241. The maximum Gasteiger partial charge on any atom is 0.224 e. The summed E-state index contributed by atoms with van der Waals surface area (Å²) in [5, 5.41) is 15.9. The summed E-state index contributed by atoms with van der Waals surface area (Å²) >= 11 is 7.17. The molecule has 3 rings (SSSR count). The molecule has 0 unspecified atom stereocenters. The molecular formula is C15H8ClN3OS. The van der Waals surface area contributed by atoms with E-state index < -0.39 is 0 Å². The van der Waals surface area contributed by atoms with Crippen molar-refractivity contribution in [3.8, 4) is 11.8 Å². The van der Waals surface area contributed by atoms with Crippen LogP contribution in [0, 0.1) is 11.3 Å². The zero-order chi connectivity index (χ0) is 14.8. The lowest BCUT2D eigenvalue weighted by molar-refractivity contribution is 0.103. The van der Waals surface area contributed by atoms with E-state index in [9.17, 15) is 10.1 Å². The van der Waals surface area contributed by atoms with E-state index in [-0.39, 0.29) is 17.0 Å². The minimum absolute atomic E-state index is 0.162. The molecule has 2 heterocycles. The Morgan fingerprint density at radius 2 is 2.05 bits per heavy atom. The van der Waals surface area contributed by atoms with Gasteiger partial charge in [0, 0.05) is 11.2 Å². The van der Waals surface area contributed by atoms with Gasteiger partial charge in [0.25, 0.3) is 0 Å². The Morgan fingerprint density at radius 1 is 1.29 bits per heavy atom. The lowest BCUT2D eigenvalue weighted by Gasteiger charge is -2.00. The van der Waals surface area contributed by atoms with E-state index in [0.29, 0.717) is 9.90 Å². The average molecular weight is 314 g/mol. The van der Waals surface area contributed by atoms with Gasteiger partial charge in [-0.25, -0.2) is 4.68 Å². The Balaban J connectivity index is 2.05. The summed E-state index contributed by atoms with van der Waals surface area (Å²) in [5.74, 6) is -0.241. The highest BCUT2D eigenvalue weighted by Gasteiger charge is 2.19. The monoisotopic (exact) mass is 313 g/mol. The molecule has 0 aliphatic heterocycles. The number of hydrogen-bond acceptors (Lipinski definition) is 4. The fraction of sp³-hybridized carbons (Fsp3) is 0. The van der Waals surface area contributed by atoms with Crippen molar-refractivity contribution < 1.29 is 4.79 Å². The van der Waals surface area contributed by atoms with Gasteiger partial charge in [-0.15, -0.1) is 11.3 Å². The summed E-state index contributed by atoms with van der Waals surface area (Å²) in [5.41, 5.74) is 1.15. The highest BCUT2D eigenvalue weighted by atomic mass is 35.5. The van der Waals surface area contributed by atoms with Crippen LogP contribution in [0.15, 0.2) is 48.0 Å². The molecule has 21 heavy (non-hydrogen) atoms. The Bertz CT molecular complexity index is 829. The number of carbonyl (C=O) groups excluding carboxylic acids is 1. The second kappa shape index (κ2) is 5.52. The zero-order valence-electron chi connectivity index (χ0n) is 10.7. The van der Waals surface area contributed by atoms with E-state index in [1.807, 2.05) is 11.4 Å². The van der Waals surface area contributed by atoms with Crippen LogP contribution in [0.25, 0.3) is 5.69 Å². The molecular weight excluding hydrogens is 306 g/mol. The number of rotatable bonds is 3. The summed E-state index contributed by atoms with van der Waals surface area (Å²) in [6.07, 6.45) is 1.55. The van der Waals surface area contributed by atoms with E-state index in [1.54, 1.807) is 42.6 Å². The van der Waals surface area contributed by atoms with Crippen LogP contribution >= 0.6 is 22.9 Å². The fourth-order valence-corrected chi connectivity index (χ4v) is 2.66. The van der Waals surface area contributed by atoms with Crippen molar-refractivity contribution in [2.45, 2.75) is 0 Å². The third-order valence-electron chi connectivity index (χ3n) is 2.89. The van der Waals surface area contributed by atoms with Crippen LogP contribution in [-0.4, -0.2) is 15.6 Å². The van der Waals surface area contributed by atoms with E-state index in [2.05, 4.69) is 5.10 Å². The van der Waals surface area contributed by atoms with Crippen molar-refractivity contribution in [3.63, 3.8) is 0 Å². The summed E-state index contributed by atoms with van der Waals surface area (Å²) in [4.78, 5) is 12.9. The van der Waals surface area contributed by atoms with Crippen LogP contribution < -0.4 is 0 Å². The summed E-state index contributed by atoms with van der Waals surface area (Å²) in [7, 11) is 0. The second-order valence-corrected chi connectivity index (χ2v) is 5.61. The number of carbonyl (C=O) groups is 1. The molecule has 4 nitrogen and oxygen atoms in total. The number of nitrogens with zero attached hydrogens (tertiary/aromatic N) is 3. The van der Waals surface area contributed by atoms with Gasteiger partial charge in [-0.1, -0.05) is 17.7 Å². The Hall–Kier alpha value is -2.42. The highest BCUT2D eigenvalue weighted by Crippen LogP contribution is 2.19. The molecule has 0 saturated carbocycles. The maximum atomic E-state index is 12.3. The number of halogens is 1. The van der Waals surface area contributed by atoms with Crippen LogP contribution in [0.5, 0.6) is 0 Å². The van der Waals surface area contributed by atoms with E-state index >= 15 is 0 Å². The van der Waals surface area contributed by atoms with Crippen LogP contribution in [0.3, 0.4) is 0 Å². The molecule has 0 fully saturated rings. The lowest BCUT2D eigenvalue weighted by atomic mass is 10.2. The average Bonchev–Trinajstić information content (AvgIpc) is 3.17. The maximum absolute atomic E-state index is 12.3. The molecule has 3 aromatic rings. The third kappa shape index (κ3) is 2.59. The quantitative estimate of drug-likeness (QED) is 0.693. The molecule has 1 aromatic carbocycles. The number of benzene rings is 1. The van der Waals surface area contributed by atoms with Crippen LogP contribution in [0.2, 0.25) is 5.02 Å². The first-order valence-corrected chi connectivity index (χ1v) is 7.28. The topological polar surface area (TPSA) is 58.7 Å². The minimum Gasteiger partial charge on any atom is -0.286 e. The molecule has 0 radical (unpaired) electrons. The number of ketones is 1. The Labute approximate surface area is 129 Å². The number of nitriles is 1. The smallest absolute Gasteiger partial charge is 0.224 e. The van der Waals surface area contributed by atoms with Crippen molar-refractivity contribution in [2.24, 2.45) is 0 Å². The van der Waals surface area contributed by atoms with Gasteiger partial charge in [0.15, 0.2) is 5.69 Å². The lowest BCUT2D eigenvalue weighted by Crippen LogP contribution is -2.03. The molecule has 0 saturated heterocycles. The normalized spacial score (nSPS) is 10.3. The van der Waals surface area contributed by atoms with Crippen LogP contribution in [0.1, 0.15) is 20.9 Å². The first kappa shape index (κ1) is 13.6. The van der Waals surface area contributed by atoms with Crippen molar-refractivity contribution >= 4 is 28.7 Å². The van der Waals surface area contributed by atoms with Crippen LogP contribution in [-0.2, 0) is 0 Å². The first-order valence-electron chi connectivity index (χ1n) is 6.03. The summed E-state index contributed by atoms with van der Waals surface area (Å²) in [6.45, 7) is 0. The van der Waals surface area contributed by atoms with Crippen molar-refractivity contribution in [1.29, 1.82) is 5.26 Å². The molecule has 0 atom stereocenters. The van der Waals surface area contributed by atoms with E-state index in [0.717, 1.165) is 5.69 Å². The van der Waals surface area contributed by atoms with Crippen molar-refractivity contribution in [1.82, 2.24) is 9.78 Å². The summed E-state index contributed by atoms with van der Waals surface area (Å²) < 4.78 is 1.51. The fourth-order valence-electron chi connectivity index (χ4n) is 1.87. The zero-order valence-corrected chi connectivity index (χ0v) is 12.2. The Kier molecular flexibility index (Phi) is 3.57. The molecule has 0 aliphatic carbocycles. The van der Waals surface area contributed by atoms with E-state index in [1.165, 1.54) is 16.0 Å². The van der Waals surface area contributed by atoms with Crippen molar-refractivity contribution in [2.75, 3.05) is 0 Å². The number of aromatic nitrogens is 2. The van der Waals surface area contributed by atoms with Crippen LogP contribution in [0.4, 0.5) is 0 Å². The molecule has 0 spiro atoms. The van der Waals surface area contributed by atoms with Gasteiger partial charge in [0.1, 0.15) is 11.6 Å². The SMILES string of the molecule is N#Cc1cn(-c2ccc(Cl)cc2)nc1C(=O)c1cccs1. The predicted molar refractivity (Wildman–Crippen MR) is 81.0 cm³/mol. The molecule has 6 heteroatoms. The molecule has 2 aromatic heterocycles. The number of hydrogen-bond donors (Lipinski definition) is 0. The predicted octanol–water partition coefficient (Wildman–Crippen LogP) is 3.69. The van der Waals surface area contributed by atoms with Gasteiger partial charge < -0.3 is 0 Å². The first-order chi connectivity index (χ1) is 10.2. The largest absolute Gasteiger partial charge is 0.286 e. The third-order valence-corrected chi connectivity index (χ3v) is 4.01. The Morgan fingerprint density at radius 3 is 2.67 bits per heavy atom. The number of thiophene rings is 1. The molecule has 0 aliphatic rings. The van der Waals surface area contributed by atoms with Gasteiger partial charge in [0.2, 0.25) is 5.78 Å². The molecule has 0 amide bonds. The summed E-state index contributed by atoms with van der Waals surface area (Å²) in [6, 6.07) is 12.5. The van der Waals surface area contributed by atoms with Gasteiger partial charge >= 0.3 is 0 Å². The van der Waals surface area contributed by atoms with Gasteiger partial charge in [-0.05, 0) is 35.7 Å². The van der Waals surface area contributed by atoms with E-state index in [4.69, 9.17) is 11.6 Å². The highest BCUT2D eigenvalue weighted by molar-refractivity contribution is 7.12. The second-order valence-electron chi connectivity index (χ2n) is 4.23. The molecule has 102 valence electrons. The van der Waals surface area contributed by atoms with Crippen molar-refractivity contribution in [3.05, 3.63) is 69.1 Å². The van der Waals surface area contributed by atoms with Gasteiger partial charge in [-0.2, -0.15) is 10.4 Å². The van der Waals surface area contributed by atoms with Gasteiger partial charge in [0.05, 0.1) is 10.6 Å². The standard InChI is InChI=1S/C15H8ClN3OS/c16-11-3-5-12(6-4-11)19-9-10(8-17)14(18-19)15(20)13-2-1-7-21-13/h1-7,9H. The molecule has 0 bridgehead atoms.